The maximum atomic E-state index is 4.78. The van der Waals surface area contributed by atoms with Gasteiger partial charge in [-0.15, -0.1) is 0 Å². The number of pyridine rings is 1. The lowest BCUT2D eigenvalue weighted by Gasteiger charge is -2.29. The van der Waals surface area contributed by atoms with E-state index in [2.05, 4.69) is 57.6 Å². The minimum atomic E-state index is 0.00808. The van der Waals surface area contributed by atoms with E-state index in [-0.39, 0.29) is 5.41 Å². The molecule has 3 rings (SSSR count). The Morgan fingerprint density at radius 1 is 1.23 bits per heavy atom. The molecule has 0 aliphatic carbocycles. The van der Waals surface area contributed by atoms with Gasteiger partial charge in [-0.3, -0.25) is 9.88 Å². The van der Waals surface area contributed by atoms with Gasteiger partial charge in [0.2, 0.25) is 0 Å². The SMILES string of the molecule is CC(C)(C)c1ncc2c(n1)CCN(Cc1cncc(Br)c1)C2. The quantitative estimate of drug-likeness (QED) is 0.821. The van der Waals surface area contributed by atoms with E-state index in [9.17, 15) is 0 Å². The van der Waals surface area contributed by atoms with Crippen molar-refractivity contribution in [3.63, 3.8) is 0 Å². The van der Waals surface area contributed by atoms with Gasteiger partial charge in [0.1, 0.15) is 5.82 Å². The van der Waals surface area contributed by atoms with Crippen molar-refractivity contribution in [3.8, 4) is 0 Å². The highest BCUT2D eigenvalue weighted by Gasteiger charge is 2.22. The van der Waals surface area contributed by atoms with Crippen LogP contribution in [0.15, 0.2) is 29.1 Å². The molecule has 2 aromatic rings. The molecule has 2 aromatic heterocycles. The highest BCUT2D eigenvalue weighted by atomic mass is 79.9. The zero-order valence-corrected chi connectivity index (χ0v) is 14.9. The van der Waals surface area contributed by atoms with Crippen LogP contribution in [0.1, 0.15) is 43.4 Å². The van der Waals surface area contributed by atoms with Crippen molar-refractivity contribution in [2.75, 3.05) is 6.54 Å². The molecule has 0 amide bonds. The molecule has 0 radical (unpaired) electrons. The van der Waals surface area contributed by atoms with Crippen LogP contribution in [-0.4, -0.2) is 26.4 Å². The molecule has 116 valence electrons. The number of halogens is 1. The van der Waals surface area contributed by atoms with E-state index < -0.39 is 0 Å². The van der Waals surface area contributed by atoms with Gasteiger partial charge in [-0.2, -0.15) is 0 Å². The van der Waals surface area contributed by atoms with Crippen LogP contribution in [0.25, 0.3) is 0 Å². The molecule has 0 fully saturated rings. The molecule has 0 spiro atoms. The molecule has 0 bridgehead atoms. The molecule has 0 atom stereocenters. The van der Waals surface area contributed by atoms with Crippen molar-refractivity contribution < 1.29 is 0 Å². The first-order valence-corrected chi connectivity index (χ1v) is 8.38. The minimum absolute atomic E-state index is 0.00808. The standard InChI is InChI=1S/C17H21BrN4/c1-17(2,3)16-20-8-13-11-22(5-4-15(13)21-16)10-12-6-14(18)9-19-7-12/h6-9H,4-5,10-11H2,1-3H3. The molecule has 1 aliphatic rings. The lowest BCUT2D eigenvalue weighted by molar-refractivity contribution is 0.242. The van der Waals surface area contributed by atoms with E-state index in [0.717, 1.165) is 36.4 Å². The van der Waals surface area contributed by atoms with Crippen LogP contribution in [-0.2, 0) is 24.9 Å². The van der Waals surface area contributed by atoms with Crippen LogP contribution >= 0.6 is 15.9 Å². The van der Waals surface area contributed by atoms with Gasteiger partial charge < -0.3 is 0 Å². The molecule has 3 heterocycles. The smallest absolute Gasteiger partial charge is 0.133 e. The van der Waals surface area contributed by atoms with Gasteiger partial charge in [0.15, 0.2) is 0 Å². The maximum Gasteiger partial charge on any atom is 0.133 e. The number of hydrogen-bond acceptors (Lipinski definition) is 4. The van der Waals surface area contributed by atoms with Crippen LogP contribution in [0, 0.1) is 0 Å². The number of aromatic nitrogens is 3. The Bertz CT molecular complexity index is 679. The average molecular weight is 361 g/mol. The van der Waals surface area contributed by atoms with Gasteiger partial charge in [-0.05, 0) is 27.6 Å². The second kappa shape index (κ2) is 6.05. The first-order chi connectivity index (χ1) is 10.4. The summed E-state index contributed by atoms with van der Waals surface area (Å²) in [5.41, 5.74) is 3.70. The van der Waals surface area contributed by atoms with Gasteiger partial charge in [-0.25, -0.2) is 9.97 Å². The predicted octanol–water partition coefficient (Wildman–Crippen LogP) is 3.49. The second-order valence-corrected chi connectivity index (χ2v) is 7.80. The Hall–Kier alpha value is -1.33. The molecule has 4 nitrogen and oxygen atoms in total. The van der Waals surface area contributed by atoms with Crippen molar-refractivity contribution in [2.24, 2.45) is 0 Å². The Morgan fingerprint density at radius 2 is 2.05 bits per heavy atom. The molecule has 0 saturated heterocycles. The third kappa shape index (κ3) is 3.52. The van der Waals surface area contributed by atoms with Crippen LogP contribution < -0.4 is 0 Å². The number of nitrogens with zero attached hydrogens (tertiary/aromatic N) is 4. The van der Waals surface area contributed by atoms with E-state index >= 15 is 0 Å². The highest BCUT2D eigenvalue weighted by Crippen LogP contribution is 2.23. The third-order valence-corrected chi connectivity index (χ3v) is 4.29. The molecule has 1 aliphatic heterocycles. The van der Waals surface area contributed by atoms with Gasteiger partial charge in [0.05, 0.1) is 0 Å². The summed E-state index contributed by atoms with van der Waals surface area (Å²) >= 11 is 3.48. The van der Waals surface area contributed by atoms with Crippen molar-refractivity contribution in [1.82, 2.24) is 19.9 Å². The summed E-state index contributed by atoms with van der Waals surface area (Å²) in [6, 6.07) is 2.13. The van der Waals surface area contributed by atoms with E-state index in [1.165, 1.54) is 16.8 Å². The van der Waals surface area contributed by atoms with Crippen molar-refractivity contribution in [2.45, 2.75) is 45.7 Å². The van der Waals surface area contributed by atoms with Crippen LogP contribution in [0.2, 0.25) is 0 Å². The summed E-state index contributed by atoms with van der Waals surface area (Å²) in [7, 11) is 0. The zero-order valence-electron chi connectivity index (χ0n) is 13.3. The first kappa shape index (κ1) is 15.6. The normalized spacial score (nSPS) is 15.6. The summed E-state index contributed by atoms with van der Waals surface area (Å²) in [5.74, 6) is 0.941. The van der Waals surface area contributed by atoms with Crippen LogP contribution in [0.5, 0.6) is 0 Å². The number of hydrogen-bond donors (Lipinski definition) is 0. The minimum Gasteiger partial charge on any atom is -0.294 e. The highest BCUT2D eigenvalue weighted by molar-refractivity contribution is 9.10. The lowest BCUT2D eigenvalue weighted by atomic mass is 9.95. The lowest BCUT2D eigenvalue weighted by Crippen LogP contribution is -2.32. The Balaban J connectivity index is 1.74. The number of fused-ring (bicyclic) bond motifs is 1. The molecule has 0 aromatic carbocycles. The fourth-order valence-electron chi connectivity index (χ4n) is 2.67. The summed E-state index contributed by atoms with van der Waals surface area (Å²) in [5, 5.41) is 0. The Kier molecular flexibility index (Phi) is 4.28. The fraction of sp³-hybridized carbons (Fsp3) is 0.471. The maximum absolute atomic E-state index is 4.78. The topological polar surface area (TPSA) is 41.9 Å². The predicted molar refractivity (Wildman–Crippen MR) is 90.5 cm³/mol. The fourth-order valence-corrected chi connectivity index (χ4v) is 3.08. The molecule has 0 saturated carbocycles. The van der Waals surface area contributed by atoms with Crippen molar-refractivity contribution >= 4 is 15.9 Å². The molecule has 22 heavy (non-hydrogen) atoms. The summed E-state index contributed by atoms with van der Waals surface area (Å²) < 4.78 is 1.03. The van der Waals surface area contributed by atoms with Crippen LogP contribution in [0.4, 0.5) is 0 Å². The molecule has 0 N–H and O–H groups in total. The van der Waals surface area contributed by atoms with Gasteiger partial charge in [0.25, 0.3) is 0 Å². The Labute approximate surface area is 140 Å². The largest absolute Gasteiger partial charge is 0.294 e. The third-order valence-electron chi connectivity index (χ3n) is 3.85. The average Bonchev–Trinajstić information content (AvgIpc) is 2.45. The van der Waals surface area contributed by atoms with Gasteiger partial charge in [0, 0.05) is 65.8 Å². The molecular weight excluding hydrogens is 340 g/mol. The Morgan fingerprint density at radius 3 is 2.77 bits per heavy atom. The number of rotatable bonds is 2. The second-order valence-electron chi connectivity index (χ2n) is 6.89. The summed E-state index contributed by atoms with van der Waals surface area (Å²) in [6.45, 7) is 9.32. The van der Waals surface area contributed by atoms with E-state index in [0.29, 0.717) is 0 Å². The van der Waals surface area contributed by atoms with Crippen molar-refractivity contribution in [3.05, 3.63) is 51.8 Å². The van der Waals surface area contributed by atoms with Gasteiger partial charge >= 0.3 is 0 Å². The summed E-state index contributed by atoms with van der Waals surface area (Å²) in [6.07, 6.45) is 6.74. The summed E-state index contributed by atoms with van der Waals surface area (Å²) in [4.78, 5) is 16.0. The zero-order chi connectivity index (χ0) is 15.7. The molecule has 5 heteroatoms. The van der Waals surface area contributed by atoms with E-state index in [1.54, 1.807) is 0 Å². The van der Waals surface area contributed by atoms with Gasteiger partial charge in [-0.1, -0.05) is 20.8 Å². The molecular formula is C17H21BrN4. The van der Waals surface area contributed by atoms with Crippen LogP contribution in [0.3, 0.4) is 0 Å². The molecule has 0 unspecified atom stereocenters. The van der Waals surface area contributed by atoms with Crippen molar-refractivity contribution in [1.29, 1.82) is 0 Å². The van der Waals surface area contributed by atoms with E-state index in [4.69, 9.17) is 4.98 Å². The first-order valence-electron chi connectivity index (χ1n) is 7.59. The van der Waals surface area contributed by atoms with E-state index in [1.807, 2.05) is 18.6 Å². The monoisotopic (exact) mass is 360 g/mol.